The number of ether oxygens (including phenoxy) is 1. The van der Waals surface area contributed by atoms with Crippen molar-refractivity contribution in [3.05, 3.63) is 42.0 Å². The van der Waals surface area contributed by atoms with Gasteiger partial charge in [-0.1, -0.05) is 18.2 Å². The van der Waals surface area contributed by atoms with Crippen LogP contribution in [-0.4, -0.2) is 14.8 Å². The molecule has 1 aromatic carbocycles. The molecule has 0 spiro atoms. The first-order valence-electron chi connectivity index (χ1n) is 4.91. The molecule has 1 heterocycles. The van der Waals surface area contributed by atoms with Gasteiger partial charge in [0.15, 0.2) is 5.82 Å². The van der Waals surface area contributed by atoms with E-state index in [2.05, 4.69) is 10.1 Å². The first-order chi connectivity index (χ1) is 7.81. The lowest BCUT2D eigenvalue weighted by atomic mass is 10.2. The standard InChI is InChI=1S/C11H12ClN3O/c1-15-11(13-8-14-15)7-16-10-5-3-2-4-9(10)6-12/h2-5,8H,6-7H2,1H3. The van der Waals surface area contributed by atoms with Gasteiger partial charge in [0, 0.05) is 12.6 Å². The number of nitrogens with zero attached hydrogens (tertiary/aromatic N) is 3. The van der Waals surface area contributed by atoms with Crippen molar-refractivity contribution in [2.24, 2.45) is 7.05 Å². The first-order valence-corrected chi connectivity index (χ1v) is 5.44. The molecule has 0 N–H and O–H groups in total. The number of aryl methyl sites for hydroxylation is 1. The van der Waals surface area contributed by atoms with Gasteiger partial charge in [0.2, 0.25) is 0 Å². The third-order valence-corrected chi connectivity index (χ3v) is 2.57. The van der Waals surface area contributed by atoms with E-state index >= 15 is 0 Å². The van der Waals surface area contributed by atoms with Crippen LogP contribution in [0.15, 0.2) is 30.6 Å². The highest BCUT2D eigenvalue weighted by atomic mass is 35.5. The Morgan fingerprint density at radius 2 is 2.19 bits per heavy atom. The van der Waals surface area contributed by atoms with Crippen molar-refractivity contribution in [1.82, 2.24) is 14.8 Å². The Hall–Kier alpha value is -1.55. The molecular formula is C11H12ClN3O. The summed E-state index contributed by atoms with van der Waals surface area (Å²) in [4.78, 5) is 4.08. The summed E-state index contributed by atoms with van der Waals surface area (Å²) in [5.74, 6) is 2.01. The number of benzene rings is 1. The third-order valence-electron chi connectivity index (χ3n) is 2.28. The predicted octanol–water partition coefficient (Wildman–Crippen LogP) is 2.13. The summed E-state index contributed by atoms with van der Waals surface area (Å²) in [5.41, 5.74) is 0.978. The zero-order valence-corrected chi connectivity index (χ0v) is 9.68. The fraction of sp³-hybridized carbons (Fsp3) is 0.273. The van der Waals surface area contributed by atoms with Crippen LogP contribution in [0.25, 0.3) is 0 Å². The molecule has 16 heavy (non-hydrogen) atoms. The number of rotatable bonds is 4. The van der Waals surface area contributed by atoms with Gasteiger partial charge in [-0.05, 0) is 6.07 Å². The molecule has 0 saturated carbocycles. The monoisotopic (exact) mass is 237 g/mol. The molecule has 0 saturated heterocycles. The fourth-order valence-electron chi connectivity index (χ4n) is 1.35. The molecular weight excluding hydrogens is 226 g/mol. The van der Waals surface area contributed by atoms with Crippen LogP contribution < -0.4 is 4.74 Å². The third kappa shape index (κ3) is 2.33. The van der Waals surface area contributed by atoms with E-state index in [1.54, 1.807) is 4.68 Å². The topological polar surface area (TPSA) is 39.9 Å². The Labute approximate surface area is 98.8 Å². The van der Waals surface area contributed by atoms with Gasteiger partial charge in [0.1, 0.15) is 18.7 Å². The summed E-state index contributed by atoms with van der Waals surface area (Å²) < 4.78 is 7.33. The minimum Gasteiger partial charge on any atom is -0.485 e. The normalized spacial score (nSPS) is 10.4. The molecule has 1 aromatic heterocycles. The molecule has 0 fully saturated rings. The van der Waals surface area contributed by atoms with Crippen LogP contribution in [0.4, 0.5) is 0 Å². The van der Waals surface area contributed by atoms with Crippen molar-refractivity contribution in [2.75, 3.05) is 0 Å². The van der Waals surface area contributed by atoms with E-state index in [4.69, 9.17) is 16.3 Å². The van der Waals surface area contributed by atoms with Gasteiger partial charge < -0.3 is 4.74 Å². The van der Waals surface area contributed by atoms with Gasteiger partial charge in [0.25, 0.3) is 0 Å². The quantitative estimate of drug-likeness (QED) is 0.765. The van der Waals surface area contributed by atoms with Crippen LogP contribution in [0.3, 0.4) is 0 Å². The number of hydrogen-bond acceptors (Lipinski definition) is 3. The largest absolute Gasteiger partial charge is 0.485 e. The molecule has 0 aliphatic heterocycles. The van der Waals surface area contributed by atoms with Crippen molar-refractivity contribution < 1.29 is 4.74 Å². The maximum absolute atomic E-state index is 5.81. The Balaban J connectivity index is 2.07. The van der Waals surface area contributed by atoms with Crippen molar-refractivity contribution in [3.8, 4) is 5.75 Å². The Morgan fingerprint density at radius 1 is 1.38 bits per heavy atom. The average Bonchev–Trinajstić information content (AvgIpc) is 2.72. The molecule has 0 atom stereocenters. The summed E-state index contributed by atoms with van der Waals surface area (Å²) in [7, 11) is 1.83. The van der Waals surface area contributed by atoms with Crippen molar-refractivity contribution >= 4 is 11.6 Å². The van der Waals surface area contributed by atoms with E-state index in [0.717, 1.165) is 17.1 Å². The lowest BCUT2D eigenvalue weighted by Gasteiger charge is -2.08. The number of hydrogen-bond donors (Lipinski definition) is 0. The van der Waals surface area contributed by atoms with Crippen LogP contribution in [0.5, 0.6) is 5.75 Å². The van der Waals surface area contributed by atoms with E-state index < -0.39 is 0 Å². The lowest BCUT2D eigenvalue weighted by Crippen LogP contribution is -2.05. The van der Waals surface area contributed by atoms with Gasteiger partial charge in [-0.25, -0.2) is 4.98 Å². The van der Waals surface area contributed by atoms with Crippen LogP contribution in [0, 0.1) is 0 Å². The Kier molecular flexibility index (Phi) is 3.41. The predicted molar refractivity (Wildman–Crippen MR) is 61.3 cm³/mol. The Morgan fingerprint density at radius 3 is 2.88 bits per heavy atom. The maximum atomic E-state index is 5.81. The van der Waals surface area contributed by atoms with Crippen LogP contribution in [0.1, 0.15) is 11.4 Å². The summed E-state index contributed by atoms with van der Waals surface area (Å²) in [6.45, 7) is 0.393. The number of para-hydroxylation sites is 1. The molecule has 2 aromatic rings. The zero-order chi connectivity index (χ0) is 11.4. The SMILES string of the molecule is Cn1ncnc1COc1ccccc1CCl. The second kappa shape index (κ2) is 4.99. The van der Waals surface area contributed by atoms with E-state index in [1.165, 1.54) is 6.33 Å². The fourth-order valence-corrected chi connectivity index (χ4v) is 1.57. The molecule has 0 bridgehead atoms. The van der Waals surface area contributed by atoms with Crippen LogP contribution >= 0.6 is 11.6 Å². The van der Waals surface area contributed by atoms with Crippen LogP contribution in [-0.2, 0) is 19.5 Å². The van der Waals surface area contributed by atoms with Gasteiger partial charge in [-0.3, -0.25) is 4.68 Å². The highest BCUT2D eigenvalue weighted by Crippen LogP contribution is 2.20. The highest BCUT2D eigenvalue weighted by molar-refractivity contribution is 6.17. The van der Waals surface area contributed by atoms with Gasteiger partial charge in [-0.2, -0.15) is 5.10 Å². The van der Waals surface area contributed by atoms with Gasteiger partial charge in [-0.15, -0.1) is 11.6 Å². The first kappa shape index (κ1) is 11.0. The number of halogens is 1. The minimum atomic E-state index is 0.393. The van der Waals surface area contributed by atoms with E-state index in [-0.39, 0.29) is 0 Å². The molecule has 0 aliphatic carbocycles. The Bertz CT molecular complexity index is 470. The summed E-state index contributed by atoms with van der Waals surface area (Å²) in [6, 6.07) is 7.70. The molecule has 84 valence electrons. The highest BCUT2D eigenvalue weighted by Gasteiger charge is 2.04. The lowest BCUT2D eigenvalue weighted by molar-refractivity contribution is 0.287. The van der Waals surface area contributed by atoms with Gasteiger partial charge >= 0.3 is 0 Å². The average molecular weight is 238 g/mol. The second-order valence-corrected chi connectivity index (χ2v) is 3.60. The zero-order valence-electron chi connectivity index (χ0n) is 8.93. The molecule has 0 aliphatic rings. The number of aromatic nitrogens is 3. The molecule has 0 radical (unpaired) electrons. The van der Waals surface area contributed by atoms with E-state index in [1.807, 2.05) is 31.3 Å². The molecule has 0 unspecified atom stereocenters. The molecule has 5 heteroatoms. The molecule has 0 amide bonds. The van der Waals surface area contributed by atoms with Gasteiger partial charge in [0.05, 0.1) is 5.88 Å². The van der Waals surface area contributed by atoms with E-state index in [0.29, 0.717) is 12.5 Å². The van der Waals surface area contributed by atoms with Crippen molar-refractivity contribution in [1.29, 1.82) is 0 Å². The molecule has 4 nitrogen and oxygen atoms in total. The van der Waals surface area contributed by atoms with Crippen LogP contribution in [0.2, 0.25) is 0 Å². The van der Waals surface area contributed by atoms with Crippen molar-refractivity contribution in [3.63, 3.8) is 0 Å². The minimum absolute atomic E-state index is 0.393. The number of alkyl halides is 1. The molecule has 2 rings (SSSR count). The summed E-state index contributed by atoms with van der Waals surface area (Å²) >= 11 is 5.81. The summed E-state index contributed by atoms with van der Waals surface area (Å²) in [6.07, 6.45) is 1.51. The van der Waals surface area contributed by atoms with E-state index in [9.17, 15) is 0 Å². The maximum Gasteiger partial charge on any atom is 0.164 e. The summed E-state index contributed by atoms with van der Waals surface area (Å²) in [5, 5.41) is 3.97. The smallest absolute Gasteiger partial charge is 0.164 e. The second-order valence-electron chi connectivity index (χ2n) is 3.33. The van der Waals surface area contributed by atoms with Crippen molar-refractivity contribution in [2.45, 2.75) is 12.5 Å².